The predicted octanol–water partition coefficient (Wildman–Crippen LogP) is 3.46. The summed E-state index contributed by atoms with van der Waals surface area (Å²) in [7, 11) is 1.62. The first kappa shape index (κ1) is 17.8. The van der Waals surface area contributed by atoms with E-state index in [1.807, 2.05) is 31.2 Å². The van der Waals surface area contributed by atoms with Gasteiger partial charge in [-0.05, 0) is 56.0 Å². The predicted molar refractivity (Wildman–Crippen MR) is 102 cm³/mol. The number of thioether (sulfide) groups is 1. The molecular weight excluding hydrogens is 356 g/mol. The second-order valence-electron chi connectivity index (χ2n) is 5.85. The third-order valence-electron chi connectivity index (χ3n) is 4.15. The summed E-state index contributed by atoms with van der Waals surface area (Å²) in [5, 5.41) is 3.18. The number of fused-ring (bicyclic) bond motifs is 1. The fraction of sp³-hybridized carbons (Fsp3) is 0.333. The van der Waals surface area contributed by atoms with Crippen LogP contribution >= 0.6 is 23.1 Å². The van der Waals surface area contributed by atoms with Crippen LogP contribution in [-0.4, -0.2) is 24.2 Å². The van der Waals surface area contributed by atoms with Crippen LogP contribution in [0.3, 0.4) is 0 Å². The summed E-state index contributed by atoms with van der Waals surface area (Å²) in [6, 6.07) is 7.56. The minimum Gasteiger partial charge on any atom is -0.497 e. The number of ether oxygens (including phenoxy) is 1. The smallest absolute Gasteiger partial charge is 0.251 e. The van der Waals surface area contributed by atoms with Gasteiger partial charge >= 0.3 is 0 Å². The molecule has 3 rings (SSSR count). The maximum Gasteiger partial charge on any atom is 0.251 e. The maximum absolute atomic E-state index is 12.5. The highest BCUT2D eigenvalue weighted by Crippen LogP contribution is 2.39. The van der Waals surface area contributed by atoms with Crippen LogP contribution in [0.25, 0.3) is 0 Å². The molecule has 3 N–H and O–H groups in total. The van der Waals surface area contributed by atoms with Gasteiger partial charge in [0.1, 0.15) is 10.8 Å². The minimum atomic E-state index is -0.467. The normalized spacial score (nSPS) is 14.0. The summed E-state index contributed by atoms with van der Waals surface area (Å²) >= 11 is 2.93. The van der Waals surface area contributed by atoms with E-state index < -0.39 is 5.91 Å². The molecule has 0 bridgehead atoms. The van der Waals surface area contributed by atoms with Crippen molar-refractivity contribution in [3.63, 3.8) is 0 Å². The number of thiophene rings is 1. The topological polar surface area (TPSA) is 81.4 Å². The lowest BCUT2D eigenvalue weighted by Gasteiger charge is -2.12. The summed E-state index contributed by atoms with van der Waals surface area (Å²) in [4.78, 5) is 26.5. The van der Waals surface area contributed by atoms with Gasteiger partial charge in [0, 0.05) is 9.77 Å². The van der Waals surface area contributed by atoms with Crippen LogP contribution in [0, 0.1) is 0 Å². The van der Waals surface area contributed by atoms with E-state index in [2.05, 4.69) is 5.32 Å². The standard InChI is InChI=1S/C18H20N2O3S2/c1-10(24-12-8-6-11(23-2)7-9-12)17(22)20-18-15(16(19)21)13-4-3-5-14(13)25-18/h6-10H,3-5H2,1-2H3,(H2,19,21)(H,20,22)/t10-/m0/s1. The van der Waals surface area contributed by atoms with Crippen molar-refractivity contribution < 1.29 is 14.3 Å². The van der Waals surface area contributed by atoms with E-state index in [0.717, 1.165) is 35.5 Å². The van der Waals surface area contributed by atoms with Crippen molar-refractivity contribution in [2.75, 3.05) is 12.4 Å². The first-order chi connectivity index (χ1) is 12.0. The van der Waals surface area contributed by atoms with Gasteiger partial charge in [0.05, 0.1) is 17.9 Å². The number of rotatable bonds is 6. The Kier molecular flexibility index (Phi) is 5.34. The monoisotopic (exact) mass is 376 g/mol. The molecule has 0 saturated carbocycles. The third kappa shape index (κ3) is 3.82. The number of carbonyl (C=O) groups excluding carboxylic acids is 2. The molecule has 0 fully saturated rings. The average molecular weight is 377 g/mol. The highest BCUT2D eigenvalue weighted by molar-refractivity contribution is 8.00. The molecule has 132 valence electrons. The van der Waals surface area contributed by atoms with E-state index >= 15 is 0 Å². The van der Waals surface area contributed by atoms with Gasteiger partial charge in [0.25, 0.3) is 5.91 Å². The maximum atomic E-state index is 12.5. The van der Waals surface area contributed by atoms with E-state index in [9.17, 15) is 9.59 Å². The Morgan fingerprint density at radius 2 is 2.00 bits per heavy atom. The minimum absolute atomic E-state index is 0.136. The van der Waals surface area contributed by atoms with Crippen molar-refractivity contribution in [1.82, 2.24) is 0 Å². The van der Waals surface area contributed by atoms with Crippen molar-refractivity contribution >= 4 is 39.9 Å². The van der Waals surface area contributed by atoms with Crippen LogP contribution in [0.1, 0.15) is 34.1 Å². The van der Waals surface area contributed by atoms with Gasteiger partial charge in [-0.3, -0.25) is 9.59 Å². The van der Waals surface area contributed by atoms with Crippen molar-refractivity contribution in [2.45, 2.75) is 36.3 Å². The first-order valence-electron chi connectivity index (χ1n) is 8.05. The van der Waals surface area contributed by atoms with Gasteiger partial charge in [-0.15, -0.1) is 23.1 Å². The number of methoxy groups -OCH3 is 1. The number of benzene rings is 1. The van der Waals surface area contributed by atoms with Gasteiger partial charge in [-0.25, -0.2) is 0 Å². The Bertz CT molecular complexity index is 799. The molecule has 0 aliphatic heterocycles. The number of carbonyl (C=O) groups is 2. The molecule has 1 aliphatic carbocycles. The van der Waals surface area contributed by atoms with Crippen LogP contribution in [0.5, 0.6) is 5.75 Å². The Labute approximate surface area is 154 Å². The van der Waals surface area contributed by atoms with Crippen molar-refractivity contribution in [1.29, 1.82) is 0 Å². The number of amides is 2. The lowest BCUT2D eigenvalue weighted by Crippen LogP contribution is -2.24. The lowest BCUT2D eigenvalue weighted by molar-refractivity contribution is -0.115. The molecule has 0 saturated heterocycles. The Hall–Kier alpha value is -1.99. The van der Waals surface area contributed by atoms with E-state index in [1.54, 1.807) is 7.11 Å². The Morgan fingerprint density at radius 3 is 2.64 bits per heavy atom. The SMILES string of the molecule is COc1ccc(S[C@@H](C)C(=O)Nc2sc3c(c2C(N)=O)CCC3)cc1. The quantitative estimate of drug-likeness (QED) is 0.757. The van der Waals surface area contributed by atoms with Crippen LogP contribution in [-0.2, 0) is 17.6 Å². The molecule has 1 aromatic carbocycles. The fourth-order valence-corrected chi connectivity index (χ4v) is 5.04. The van der Waals surface area contributed by atoms with Crippen LogP contribution < -0.4 is 15.8 Å². The third-order valence-corrected chi connectivity index (χ3v) is 6.47. The van der Waals surface area contributed by atoms with Crippen molar-refractivity contribution in [2.24, 2.45) is 5.73 Å². The zero-order chi connectivity index (χ0) is 18.0. The molecule has 1 heterocycles. The highest BCUT2D eigenvalue weighted by Gasteiger charge is 2.27. The van der Waals surface area contributed by atoms with Crippen molar-refractivity contribution in [3.05, 3.63) is 40.3 Å². The number of nitrogens with two attached hydrogens (primary N) is 1. The number of primary amides is 1. The number of aryl methyl sites for hydroxylation is 1. The van der Waals surface area contributed by atoms with E-state index in [1.165, 1.54) is 28.0 Å². The zero-order valence-corrected chi connectivity index (χ0v) is 15.8. The molecule has 0 radical (unpaired) electrons. The summed E-state index contributed by atoms with van der Waals surface area (Å²) in [6.45, 7) is 1.84. The lowest BCUT2D eigenvalue weighted by atomic mass is 10.1. The molecule has 2 amide bonds. The van der Waals surface area contributed by atoms with Gasteiger partial charge < -0.3 is 15.8 Å². The Balaban J connectivity index is 1.70. The summed E-state index contributed by atoms with van der Waals surface area (Å²) < 4.78 is 5.13. The fourth-order valence-electron chi connectivity index (χ4n) is 2.88. The molecule has 0 unspecified atom stereocenters. The first-order valence-corrected chi connectivity index (χ1v) is 9.75. The summed E-state index contributed by atoms with van der Waals surface area (Å²) in [5.41, 5.74) is 7.04. The summed E-state index contributed by atoms with van der Waals surface area (Å²) in [6.07, 6.45) is 2.85. The average Bonchev–Trinajstić information content (AvgIpc) is 3.15. The molecule has 5 nitrogen and oxygen atoms in total. The molecular formula is C18H20N2O3S2. The number of hydrogen-bond acceptors (Lipinski definition) is 5. The highest BCUT2D eigenvalue weighted by atomic mass is 32.2. The second-order valence-corrected chi connectivity index (χ2v) is 8.37. The van der Waals surface area contributed by atoms with E-state index in [4.69, 9.17) is 10.5 Å². The second kappa shape index (κ2) is 7.49. The number of hydrogen-bond donors (Lipinski definition) is 2. The summed E-state index contributed by atoms with van der Waals surface area (Å²) in [5.74, 6) is 0.175. The number of anilines is 1. The van der Waals surface area contributed by atoms with Gasteiger partial charge in [-0.2, -0.15) is 0 Å². The van der Waals surface area contributed by atoms with Gasteiger partial charge in [0.15, 0.2) is 0 Å². The van der Waals surface area contributed by atoms with E-state index in [0.29, 0.717) is 10.6 Å². The molecule has 0 spiro atoms. The molecule has 2 aromatic rings. The molecule has 7 heteroatoms. The van der Waals surface area contributed by atoms with Gasteiger partial charge in [0.2, 0.25) is 5.91 Å². The van der Waals surface area contributed by atoms with Crippen LogP contribution in [0.2, 0.25) is 0 Å². The van der Waals surface area contributed by atoms with Gasteiger partial charge in [-0.1, -0.05) is 0 Å². The largest absolute Gasteiger partial charge is 0.497 e. The molecule has 25 heavy (non-hydrogen) atoms. The molecule has 1 aliphatic rings. The van der Waals surface area contributed by atoms with Crippen molar-refractivity contribution in [3.8, 4) is 5.75 Å². The molecule has 1 aromatic heterocycles. The molecule has 1 atom stereocenters. The van der Waals surface area contributed by atoms with Crippen LogP contribution in [0.15, 0.2) is 29.2 Å². The number of nitrogens with one attached hydrogen (secondary N) is 1. The van der Waals surface area contributed by atoms with E-state index in [-0.39, 0.29) is 11.2 Å². The zero-order valence-electron chi connectivity index (χ0n) is 14.1. The van der Waals surface area contributed by atoms with Crippen LogP contribution in [0.4, 0.5) is 5.00 Å². The Morgan fingerprint density at radius 1 is 1.28 bits per heavy atom.